The summed E-state index contributed by atoms with van der Waals surface area (Å²) in [4.78, 5) is 0. The van der Waals surface area contributed by atoms with Gasteiger partial charge in [-0.25, -0.2) is 0 Å². The fourth-order valence-corrected chi connectivity index (χ4v) is 1.07. The molecule has 3 heteroatoms. The van der Waals surface area contributed by atoms with Crippen LogP contribution in [0.15, 0.2) is 0 Å². The minimum Gasteiger partial charge on any atom is -0.389 e. The highest BCUT2D eigenvalue weighted by Gasteiger charge is 2.26. The fraction of sp³-hybridized carbons (Fsp3) is 0.750. The van der Waals surface area contributed by atoms with Gasteiger partial charge in [0.05, 0.1) is 31.4 Å². The van der Waals surface area contributed by atoms with Crippen molar-refractivity contribution in [3.8, 4) is 12.3 Å². The number of hydrogen-bond acceptors (Lipinski definition) is 3. The Kier molecular flexibility index (Phi) is 2.89. The molecule has 1 saturated heterocycles. The fourth-order valence-electron chi connectivity index (χ4n) is 1.07. The van der Waals surface area contributed by atoms with Crippen LogP contribution >= 0.6 is 0 Å². The number of hydrogen-bond donors (Lipinski definition) is 2. The Morgan fingerprint density at radius 3 is 2.91 bits per heavy atom. The van der Waals surface area contributed by atoms with Gasteiger partial charge in [-0.2, -0.15) is 0 Å². The second-order valence-electron chi connectivity index (χ2n) is 2.77. The van der Waals surface area contributed by atoms with Gasteiger partial charge in [0.15, 0.2) is 0 Å². The summed E-state index contributed by atoms with van der Waals surface area (Å²) >= 11 is 0. The van der Waals surface area contributed by atoms with Crippen LogP contribution in [0.4, 0.5) is 0 Å². The lowest BCUT2D eigenvalue weighted by molar-refractivity contribution is 0.122. The molecule has 1 aliphatic heterocycles. The Bertz CT molecular complexity index is 164. The van der Waals surface area contributed by atoms with Crippen LogP contribution in [0.3, 0.4) is 0 Å². The summed E-state index contributed by atoms with van der Waals surface area (Å²) in [5.41, 5.74) is 0. The second kappa shape index (κ2) is 3.72. The molecule has 0 spiro atoms. The molecular weight excluding hydrogens is 142 g/mol. The quantitative estimate of drug-likeness (QED) is 0.521. The van der Waals surface area contributed by atoms with Crippen molar-refractivity contribution in [2.45, 2.75) is 25.1 Å². The molecular formula is C8H13NO2. The predicted octanol–water partition coefficient (Wildman–Crippen LogP) is -0.643. The molecule has 0 aliphatic carbocycles. The van der Waals surface area contributed by atoms with Crippen molar-refractivity contribution in [2.75, 3.05) is 13.2 Å². The molecule has 1 heterocycles. The highest BCUT2D eigenvalue weighted by atomic mass is 16.5. The van der Waals surface area contributed by atoms with Crippen LogP contribution < -0.4 is 5.32 Å². The molecule has 0 bridgehead atoms. The molecule has 0 saturated carbocycles. The van der Waals surface area contributed by atoms with Crippen LogP contribution in [0.5, 0.6) is 0 Å². The van der Waals surface area contributed by atoms with Gasteiger partial charge in [-0.1, -0.05) is 5.92 Å². The van der Waals surface area contributed by atoms with Crippen molar-refractivity contribution in [3.63, 3.8) is 0 Å². The van der Waals surface area contributed by atoms with E-state index in [0.717, 1.165) is 0 Å². The Balaban J connectivity index is 2.32. The predicted molar refractivity (Wildman–Crippen MR) is 42.0 cm³/mol. The first-order valence-electron chi connectivity index (χ1n) is 3.72. The highest BCUT2D eigenvalue weighted by molar-refractivity contribution is 4.98. The monoisotopic (exact) mass is 155 g/mol. The van der Waals surface area contributed by atoms with Gasteiger partial charge in [0, 0.05) is 0 Å². The number of nitrogens with one attached hydrogen (secondary N) is 1. The smallest absolute Gasteiger partial charge is 0.0949 e. The summed E-state index contributed by atoms with van der Waals surface area (Å²) in [5.74, 6) is 2.53. The van der Waals surface area contributed by atoms with Crippen LogP contribution in [-0.2, 0) is 4.74 Å². The maximum atomic E-state index is 9.28. The molecule has 0 aromatic carbocycles. The average molecular weight is 155 g/mol. The molecule has 2 N–H and O–H groups in total. The zero-order chi connectivity index (χ0) is 8.27. The van der Waals surface area contributed by atoms with E-state index in [1.54, 1.807) is 0 Å². The third-order valence-corrected chi connectivity index (χ3v) is 1.76. The maximum Gasteiger partial charge on any atom is 0.0949 e. The Morgan fingerprint density at radius 1 is 1.73 bits per heavy atom. The summed E-state index contributed by atoms with van der Waals surface area (Å²) in [6, 6.07) is -0.00241. The SMILES string of the molecule is C#CC(C)NC1COCC1O. The zero-order valence-corrected chi connectivity index (χ0v) is 6.58. The maximum absolute atomic E-state index is 9.28. The molecule has 3 atom stereocenters. The van der Waals surface area contributed by atoms with Crippen molar-refractivity contribution in [2.24, 2.45) is 0 Å². The molecule has 0 amide bonds. The van der Waals surface area contributed by atoms with Crippen LogP contribution in [0.2, 0.25) is 0 Å². The molecule has 1 aliphatic rings. The van der Waals surface area contributed by atoms with E-state index in [-0.39, 0.29) is 12.1 Å². The lowest BCUT2D eigenvalue weighted by atomic mass is 10.2. The molecule has 3 nitrogen and oxygen atoms in total. The van der Waals surface area contributed by atoms with E-state index in [0.29, 0.717) is 13.2 Å². The van der Waals surface area contributed by atoms with Gasteiger partial charge in [0.2, 0.25) is 0 Å². The highest BCUT2D eigenvalue weighted by Crippen LogP contribution is 2.05. The van der Waals surface area contributed by atoms with Gasteiger partial charge in [-0.3, -0.25) is 5.32 Å². The van der Waals surface area contributed by atoms with Crippen LogP contribution in [0.1, 0.15) is 6.92 Å². The zero-order valence-electron chi connectivity index (χ0n) is 6.58. The van der Waals surface area contributed by atoms with E-state index in [1.165, 1.54) is 0 Å². The van der Waals surface area contributed by atoms with Crippen LogP contribution in [0.25, 0.3) is 0 Å². The summed E-state index contributed by atoms with van der Waals surface area (Å²) in [7, 11) is 0. The molecule has 0 aromatic heterocycles. The van der Waals surface area contributed by atoms with E-state index in [4.69, 9.17) is 11.2 Å². The van der Waals surface area contributed by atoms with Crippen LogP contribution in [-0.4, -0.2) is 36.5 Å². The first kappa shape index (κ1) is 8.54. The van der Waals surface area contributed by atoms with Crippen molar-refractivity contribution < 1.29 is 9.84 Å². The normalized spacial score (nSPS) is 33.2. The topological polar surface area (TPSA) is 41.5 Å². The van der Waals surface area contributed by atoms with Gasteiger partial charge in [0.25, 0.3) is 0 Å². The minimum atomic E-state index is -0.411. The number of rotatable bonds is 2. The number of ether oxygens (including phenoxy) is 1. The van der Waals surface area contributed by atoms with Gasteiger partial charge in [0.1, 0.15) is 0 Å². The summed E-state index contributed by atoms with van der Waals surface area (Å²) < 4.78 is 5.03. The van der Waals surface area contributed by atoms with Crippen molar-refractivity contribution >= 4 is 0 Å². The van der Waals surface area contributed by atoms with Crippen molar-refractivity contribution in [1.82, 2.24) is 5.32 Å². The molecule has 0 radical (unpaired) electrons. The van der Waals surface area contributed by atoms with Gasteiger partial charge in [-0.15, -0.1) is 6.42 Å². The number of terminal acetylenes is 1. The number of aliphatic hydroxyl groups excluding tert-OH is 1. The van der Waals surface area contributed by atoms with E-state index in [9.17, 15) is 5.11 Å². The van der Waals surface area contributed by atoms with E-state index >= 15 is 0 Å². The second-order valence-corrected chi connectivity index (χ2v) is 2.77. The lowest BCUT2D eigenvalue weighted by Crippen LogP contribution is -2.43. The Morgan fingerprint density at radius 2 is 2.45 bits per heavy atom. The van der Waals surface area contributed by atoms with E-state index < -0.39 is 6.10 Å². The van der Waals surface area contributed by atoms with Crippen molar-refractivity contribution in [3.05, 3.63) is 0 Å². The Labute approximate surface area is 66.7 Å². The lowest BCUT2D eigenvalue weighted by Gasteiger charge is -2.16. The standard InChI is InChI=1S/C8H13NO2/c1-3-6(2)9-7-4-11-5-8(7)10/h1,6-10H,4-5H2,2H3. The third-order valence-electron chi connectivity index (χ3n) is 1.76. The van der Waals surface area contributed by atoms with E-state index in [2.05, 4.69) is 11.2 Å². The molecule has 3 unspecified atom stereocenters. The molecule has 1 fully saturated rings. The van der Waals surface area contributed by atoms with Crippen LogP contribution in [0, 0.1) is 12.3 Å². The van der Waals surface area contributed by atoms with Crippen molar-refractivity contribution in [1.29, 1.82) is 0 Å². The summed E-state index contributed by atoms with van der Waals surface area (Å²) in [6.07, 6.45) is 4.75. The first-order chi connectivity index (χ1) is 5.24. The molecule has 1 rings (SSSR count). The summed E-state index contributed by atoms with van der Waals surface area (Å²) in [5, 5.41) is 12.3. The Hall–Kier alpha value is -0.560. The average Bonchev–Trinajstić information content (AvgIpc) is 2.37. The van der Waals surface area contributed by atoms with Gasteiger partial charge in [-0.05, 0) is 6.92 Å². The van der Waals surface area contributed by atoms with Gasteiger partial charge < -0.3 is 9.84 Å². The van der Waals surface area contributed by atoms with E-state index in [1.807, 2.05) is 6.92 Å². The largest absolute Gasteiger partial charge is 0.389 e. The molecule has 0 aromatic rings. The first-order valence-corrected chi connectivity index (χ1v) is 3.72. The molecule has 11 heavy (non-hydrogen) atoms. The minimum absolute atomic E-state index is 0.000972. The third kappa shape index (κ3) is 2.19. The summed E-state index contributed by atoms with van der Waals surface area (Å²) in [6.45, 7) is 2.84. The van der Waals surface area contributed by atoms with Gasteiger partial charge >= 0.3 is 0 Å². The number of aliphatic hydroxyl groups is 1. The molecule has 62 valence electrons.